The first-order valence-corrected chi connectivity index (χ1v) is 8.14. The van der Waals surface area contributed by atoms with Crippen LogP contribution >= 0.6 is 11.8 Å². The summed E-state index contributed by atoms with van der Waals surface area (Å²) in [5.41, 5.74) is 0.0270. The van der Waals surface area contributed by atoms with E-state index < -0.39 is 16.0 Å². The van der Waals surface area contributed by atoms with E-state index in [2.05, 4.69) is 9.71 Å². The first-order chi connectivity index (χ1) is 9.95. The highest BCUT2D eigenvalue weighted by molar-refractivity contribution is 8.00. The third-order valence-electron chi connectivity index (χ3n) is 2.62. The summed E-state index contributed by atoms with van der Waals surface area (Å²) in [6.45, 7) is 0. The number of nitrogens with one attached hydrogen (secondary N) is 1. The molecule has 0 radical (unpaired) electrons. The van der Waals surface area contributed by atoms with Crippen molar-refractivity contribution < 1.29 is 18.3 Å². The zero-order chi connectivity index (χ0) is 15.5. The van der Waals surface area contributed by atoms with E-state index in [0.717, 1.165) is 11.8 Å². The van der Waals surface area contributed by atoms with Gasteiger partial charge >= 0.3 is 5.97 Å². The molecule has 2 rings (SSSR count). The lowest BCUT2D eigenvalue weighted by molar-refractivity contribution is 0.0692. The first kappa shape index (κ1) is 15.5. The van der Waals surface area contributed by atoms with E-state index in [9.17, 15) is 13.2 Å². The van der Waals surface area contributed by atoms with Gasteiger partial charge in [-0.15, -0.1) is 0 Å². The molecule has 2 N–H and O–H groups in total. The van der Waals surface area contributed by atoms with Gasteiger partial charge in [0.05, 0.1) is 10.5 Å². The molecule has 6 nitrogen and oxygen atoms in total. The Morgan fingerprint density at radius 1 is 1.24 bits per heavy atom. The highest BCUT2D eigenvalue weighted by atomic mass is 32.2. The summed E-state index contributed by atoms with van der Waals surface area (Å²) in [4.78, 5) is 15.7. The van der Waals surface area contributed by atoms with Crippen LogP contribution in [0.2, 0.25) is 0 Å². The number of carbonyl (C=O) groups is 1. The Labute approximate surface area is 126 Å². The summed E-state index contributed by atoms with van der Waals surface area (Å²) < 4.78 is 26.2. The topological polar surface area (TPSA) is 96.4 Å². The molecule has 0 atom stereocenters. The maximum atomic E-state index is 12.0. The fourth-order valence-electron chi connectivity index (χ4n) is 1.61. The fourth-order valence-corrected chi connectivity index (χ4v) is 3.77. The minimum Gasteiger partial charge on any atom is -0.478 e. The molecule has 0 unspecified atom stereocenters. The van der Waals surface area contributed by atoms with Crippen LogP contribution in [0.3, 0.4) is 0 Å². The summed E-state index contributed by atoms with van der Waals surface area (Å²) in [5.74, 6) is -1.11. The molecule has 0 aliphatic carbocycles. The van der Waals surface area contributed by atoms with Crippen LogP contribution in [-0.4, -0.2) is 31.5 Å². The predicted octanol–water partition coefficient (Wildman–Crippen LogP) is 1.84. The summed E-state index contributed by atoms with van der Waals surface area (Å²) >= 11 is 1.00. The number of aromatic nitrogens is 1. The number of carboxylic acids is 1. The summed E-state index contributed by atoms with van der Waals surface area (Å²) in [6, 6.07) is 9.29. The highest BCUT2D eigenvalue weighted by Gasteiger charge is 2.19. The number of hydrogen-bond acceptors (Lipinski definition) is 5. The van der Waals surface area contributed by atoms with E-state index in [4.69, 9.17) is 5.11 Å². The third-order valence-corrected chi connectivity index (χ3v) is 5.31. The molecule has 0 bridgehead atoms. The maximum absolute atomic E-state index is 12.0. The van der Waals surface area contributed by atoms with E-state index in [1.807, 2.05) is 0 Å². The fraction of sp³-hybridized carbons (Fsp3) is 0.0769. The Bertz CT molecular complexity index is 775. The maximum Gasteiger partial charge on any atom is 0.338 e. The normalized spacial score (nSPS) is 11.3. The largest absolute Gasteiger partial charge is 0.478 e. The quantitative estimate of drug-likeness (QED) is 0.871. The second kappa shape index (κ2) is 6.25. The second-order valence-electron chi connectivity index (χ2n) is 3.92. The molecule has 110 valence electrons. The molecule has 0 spiro atoms. The van der Waals surface area contributed by atoms with Gasteiger partial charge in [0, 0.05) is 11.1 Å². The molecule has 0 fully saturated rings. The lowest BCUT2D eigenvalue weighted by Crippen LogP contribution is -2.19. The van der Waals surface area contributed by atoms with Crippen LogP contribution in [0.25, 0.3) is 0 Å². The average Bonchev–Trinajstić information content (AvgIpc) is 2.48. The van der Waals surface area contributed by atoms with Crippen molar-refractivity contribution in [2.45, 2.75) is 14.8 Å². The molecule has 21 heavy (non-hydrogen) atoms. The van der Waals surface area contributed by atoms with Crippen LogP contribution in [0.15, 0.2) is 57.4 Å². The van der Waals surface area contributed by atoms with Crippen LogP contribution in [-0.2, 0) is 10.0 Å². The van der Waals surface area contributed by atoms with Gasteiger partial charge in [-0.1, -0.05) is 23.9 Å². The molecule has 0 saturated heterocycles. The van der Waals surface area contributed by atoms with Crippen molar-refractivity contribution in [2.24, 2.45) is 0 Å². The number of hydrogen-bond donors (Lipinski definition) is 2. The molecule has 1 heterocycles. The van der Waals surface area contributed by atoms with Crippen molar-refractivity contribution in [2.75, 3.05) is 7.05 Å². The number of benzene rings is 1. The highest BCUT2D eigenvalue weighted by Crippen LogP contribution is 2.33. The van der Waals surface area contributed by atoms with Gasteiger partial charge in [-0.25, -0.2) is 22.9 Å². The van der Waals surface area contributed by atoms with Gasteiger partial charge in [-0.3, -0.25) is 0 Å². The SMILES string of the molecule is CNS(=O)(=O)c1ccccc1Sc1ncccc1C(=O)O. The number of rotatable bonds is 5. The average molecular weight is 324 g/mol. The lowest BCUT2D eigenvalue weighted by atomic mass is 10.3. The molecule has 0 amide bonds. The number of pyridine rings is 1. The zero-order valence-corrected chi connectivity index (χ0v) is 12.6. The van der Waals surface area contributed by atoms with Gasteiger partial charge in [0.15, 0.2) is 0 Å². The van der Waals surface area contributed by atoms with Gasteiger partial charge in [-0.2, -0.15) is 0 Å². The van der Waals surface area contributed by atoms with Crippen LogP contribution in [0.4, 0.5) is 0 Å². The lowest BCUT2D eigenvalue weighted by Gasteiger charge is -2.09. The number of aromatic carboxylic acids is 1. The number of carboxylic acid groups (broad SMARTS) is 1. The van der Waals surface area contributed by atoms with Crippen molar-refractivity contribution in [1.29, 1.82) is 0 Å². The Morgan fingerprint density at radius 2 is 1.95 bits per heavy atom. The first-order valence-electron chi connectivity index (χ1n) is 5.84. The van der Waals surface area contributed by atoms with Crippen molar-refractivity contribution >= 4 is 27.8 Å². The van der Waals surface area contributed by atoms with E-state index >= 15 is 0 Å². The Balaban J connectivity index is 2.49. The van der Waals surface area contributed by atoms with E-state index in [-0.39, 0.29) is 15.5 Å². The van der Waals surface area contributed by atoms with Gasteiger partial charge in [0.25, 0.3) is 0 Å². The monoisotopic (exact) mass is 324 g/mol. The molecule has 1 aromatic heterocycles. The molecule has 2 aromatic rings. The summed E-state index contributed by atoms with van der Waals surface area (Å²) in [5, 5.41) is 9.37. The van der Waals surface area contributed by atoms with Crippen molar-refractivity contribution in [3.8, 4) is 0 Å². The third kappa shape index (κ3) is 3.41. The Kier molecular flexibility index (Phi) is 4.61. The van der Waals surface area contributed by atoms with Gasteiger partial charge in [-0.05, 0) is 31.3 Å². The molecular weight excluding hydrogens is 312 g/mol. The van der Waals surface area contributed by atoms with Gasteiger partial charge < -0.3 is 5.11 Å². The molecular formula is C13H12N2O4S2. The minimum atomic E-state index is -3.63. The Hall–Kier alpha value is -1.90. The van der Waals surface area contributed by atoms with Crippen molar-refractivity contribution in [1.82, 2.24) is 9.71 Å². The molecule has 1 aromatic carbocycles. The summed E-state index contributed by atoms with van der Waals surface area (Å²) in [6.07, 6.45) is 1.46. The molecule has 8 heteroatoms. The van der Waals surface area contributed by atoms with E-state index in [1.54, 1.807) is 18.2 Å². The van der Waals surface area contributed by atoms with E-state index in [0.29, 0.717) is 4.90 Å². The van der Waals surface area contributed by atoms with Crippen molar-refractivity contribution in [3.63, 3.8) is 0 Å². The van der Waals surface area contributed by atoms with Crippen LogP contribution < -0.4 is 4.72 Å². The second-order valence-corrected chi connectivity index (χ2v) is 6.80. The smallest absolute Gasteiger partial charge is 0.338 e. The van der Waals surface area contributed by atoms with Crippen LogP contribution in [0.1, 0.15) is 10.4 Å². The minimum absolute atomic E-state index is 0.0270. The van der Waals surface area contributed by atoms with Gasteiger partial charge in [0.2, 0.25) is 10.0 Å². The molecule has 0 saturated carbocycles. The Morgan fingerprint density at radius 3 is 2.62 bits per heavy atom. The van der Waals surface area contributed by atoms with E-state index in [1.165, 1.54) is 31.4 Å². The van der Waals surface area contributed by atoms with Crippen LogP contribution in [0, 0.1) is 0 Å². The summed E-state index contributed by atoms with van der Waals surface area (Å²) in [7, 11) is -2.31. The van der Waals surface area contributed by atoms with Crippen LogP contribution in [0.5, 0.6) is 0 Å². The number of nitrogens with zero attached hydrogens (tertiary/aromatic N) is 1. The van der Waals surface area contributed by atoms with Gasteiger partial charge in [0.1, 0.15) is 5.03 Å². The predicted molar refractivity (Wildman–Crippen MR) is 78.0 cm³/mol. The van der Waals surface area contributed by atoms with Crippen molar-refractivity contribution in [3.05, 3.63) is 48.2 Å². The zero-order valence-electron chi connectivity index (χ0n) is 11.0. The molecule has 0 aliphatic rings. The molecule has 0 aliphatic heterocycles. The standard InChI is InChI=1S/C13H12N2O4S2/c1-14-21(18,19)11-7-3-2-6-10(11)20-12-9(13(16)17)5-4-8-15-12/h2-8,14H,1H3,(H,16,17). The number of sulfonamides is 1.